The largest absolute Gasteiger partial charge is 0.506 e. The SMILES string of the molecule is N/C=N\N/N=C/c1cc([N+](=O)[O-])cc(Cl)c1O. The molecule has 0 radical (unpaired) electrons. The number of nitrogens with two attached hydrogens (primary N) is 1. The van der Waals surface area contributed by atoms with Crippen LogP contribution in [-0.2, 0) is 0 Å². The van der Waals surface area contributed by atoms with E-state index in [2.05, 4.69) is 15.7 Å². The maximum Gasteiger partial charge on any atom is 0.271 e. The molecule has 90 valence electrons. The van der Waals surface area contributed by atoms with Crippen LogP contribution in [0, 0.1) is 10.1 Å². The first-order valence-corrected chi connectivity index (χ1v) is 4.62. The summed E-state index contributed by atoms with van der Waals surface area (Å²) in [4.78, 5) is 9.93. The Hall–Kier alpha value is -2.35. The molecule has 17 heavy (non-hydrogen) atoms. The molecule has 0 aromatic heterocycles. The number of nitro groups is 1. The monoisotopic (exact) mass is 257 g/mol. The van der Waals surface area contributed by atoms with Gasteiger partial charge in [0.2, 0.25) is 0 Å². The molecule has 0 aliphatic carbocycles. The lowest BCUT2D eigenvalue weighted by atomic mass is 10.2. The summed E-state index contributed by atoms with van der Waals surface area (Å²) in [6.45, 7) is 0. The first-order chi connectivity index (χ1) is 8.06. The number of phenolic OH excluding ortho intramolecular Hbond substituents is 1. The van der Waals surface area contributed by atoms with E-state index in [0.29, 0.717) is 0 Å². The molecule has 1 aromatic carbocycles. The fourth-order valence-electron chi connectivity index (χ4n) is 0.974. The van der Waals surface area contributed by atoms with Gasteiger partial charge in [-0.05, 0) is 0 Å². The maximum atomic E-state index is 10.6. The van der Waals surface area contributed by atoms with Crippen molar-refractivity contribution in [2.24, 2.45) is 15.9 Å². The number of nitro benzene ring substituents is 1. The van der Waals surface area contributed by atoms with E-state index in [1.807, 2.05) is 0 Å². The fraction of sp³-hybridized carbons (Fsp3) is 0. The van der Waals surface area contributed by atoms with Crippen molar-refractivity contribution < 1.29 is 10.0 Å². The van der Waals surface area contributed by atoms with Crippen LogP contribution in [0.4, 0.5) is 5.69 Å². The quantitative estimate of drug-likeness (QED) is 0.318. The fourth-order valence-corrected chi connectivity index (χ4v) is 1.20. The Morgan fingerprint density at radius 1 is 1.53 bits per heavy atom. The summed E-state index contributed by atoms with van der Waals surface area (Å²) in [6, 6.07) is 2.16. The van der Waals surface area contributed by atoms with E-state index in [9.17, 15) is 15.2 Å². The molecule has 0 fully saturated rings. The summed E-state index contributed by atoms with van der Waals surface area (Å²) in [7, 11) is 0. The minimum absolute atomic E-state index is 0.0870. The lowest BCUT2D eigenvalue weighted by molar-refractivity contribution is -0.384. The first kappa shape index (κ1) is 12.7. The average Bonchev–Trinajstić information content (AvgIpc) is 2.29. The molecular weight excluding hydrogens is 250 g/mol. The Balaban J connectivity index is 3.05. The summed E-state index contributed by atoms with van der Waals surface area (Å²) >= 11 is 5.62. The highest BCUT2D eigenvalue weighted by Crippen LogP contribution is 2.31. The summed E-state index contributed by atoms with van der Waals surface area (Å²) in [5, 5.41) is 26.8. The molecule has 4 N–H and O–H groups in total. The van der Waals surface area contributed by atoms with Crippen molar-refractivity contribution >= 4 is 29.8 Å². The standard InChI is InChI=1S/C8H8ClN5O3/c9-7-2-6(14(16)17)1-5(8(7)15)3-11-13-12-4-10/h1-4,13,15H,(H2,10,12)/b11-3+. The maximum absolute atomic E-state index is 10.6. The van der Waals surface area contributed by atoms with Gasteiger partial charge in [-0.1, -0.05) is 11.6 Å². The van der Waals surface area contributed by atoms with Gasteiger partial charge in [-0.25, -0.2) is 0 Å². The third-order valence-electron chi connectivity index (χ3n) is 1.68. The Labute approximate surface area is 101 Å². The van der Waals surface area contributed by atoms with Crippen LogP contribution in [0.1, 0.15) is 5.56 Å². The van der Waals surface area contributed by atoms with E-state index < -0.39 is 4.92 Å². The molecule has 0 bridgehead atoms. The van der Waals surface area contributed by atoms with Gasteiger partial charge < -0.3 is 10.8 Å². The van der Waals surface area contributed by atoms with Gasteiger partial charge in [-0.15, -0.1) is 5.10 Å². The lowest BCUT2D eigenvalue weighted by Gasteiger charge is -2.01. The van der Waals surface area contributed by atoms with Crippen LogP contribution < -0.4 is 11.3 Å². The smallest absolute Gasteiger partial charge is 0.271 e. The lowest BCUT2D eigenvalue weighted by Crippen LogP contribution is -2.00. The second-order valence-corrected chi connectivity index (χ2v) is 3.17. The van der Waals surface area contributed by atoms with Gasteiger partial charge in [0.1, 0.15) is 12.1 Å². The Bertz CT molecular complexity index is 488. The predicted molar refractivity (Wildman–Crippen MR) is 63.2 cm³/mol. The predicted octanol–water partition coefficient (Wildman–Crippen LogP) is 0.779. The topological polar surface area (TPSA) is 126 Å². The van der Waals surface area contributed by atoms with Crippen molar-refractivity contribution in [1.29, 1.82) is 0 Å². The molecule has 0 aliphatic rings. The molecule has 1 aromatic rings. The van der Waals surface area contributed by atoms with E-state index in [0.717, 1.165) is 24.7 Å². The molecule has 1 rings (SSSR count). The number of hydrogen-bond donors (Lipinski definition) is 3. The number of nitrogens with one attached hydrogen (secondary N) is 1. The van der Waals surface area contributed by atoms with Crippen LogP contribution in [0.15, 0.2) is 22.3 Å². The van der Waals surface area contributed by atoms with Crippen molar-refractivity contribution in [3.05, 3.63) is 32.8 Å². The Morgan fingerprint density at radius 2 is 2.24 bits per heavy atom. The van der Waals surface area contributed by atoms with Gasteiger partial charge in [0.15, 0.2) is 0 Å². The van der Waals surface area contributed by atoms with E-state index >= 15 is 0 Å². The number of phenols is 1. The Morgan fingerprint density at radius 3 is 2.82 bits per heavy atom. The van der Waals surface area contributed by atoms with Crippen molar-refractivity contribution in [1.82, 2.24) is 5.53 Å². The summed E-state index contributed by atoms with van der Waals surface area (Å²) in [5.41, 5.74) is 6.94. The number of non-ortho nitro benzene ring substituents is 1. The van der Waals surface area contributed by atoms with Crippen LogP contribution in [0.5, 0.6) is 5.75 Å². The van der Waals surface area contributed by atoms with Crippen molar-refractivity contribution in [3.63, 3.8) is 0 Å². The number of rotatable bonds is 4. The van der Waals surface area contributed by atoms with Gasteiger partial charge in [-0.3, -0.25) is 10.1 Å². The highest BCUT2D eigenvalue weighted by atomic mass is 35.5. The van der Waals surface area contributed by atoms with E-state index in [-0.39, 0.29) is 22.0 Å². The van der Waals surface area contributed by atoms with Gasteiger partial charge in [-0.2, -0.15) is 10.6 Å². The van der Waals surface area contributed by atoms with E-state index in [1.165, 1.54) is 0 Å². The van der Waals surface area contributed by atoms with E-state index in [4.69, 9.17) is 17.3 Å². The number of nitrogens with zero attached hydrogens (tertiary/aromatic N) is 3. The third-order valence-corrected chi connectivity index (χ3v) is 1.97. The molecule has 0 heterocycles. The molecule has 9 heteroatoms. The van der Waals surface area contributed by atoms with Crippen molar-refractivity contribution in [3.8, 4) is 5.75 Å². The zero-order chi connectivity index (χ0) is 12.8. The van der Waals surface area contributed by atoms with Crippen LogP contribution in [-0.4, -0.2) is 22.6 Å². The number of halogens is 1. The molecule has 0 spiro atoms. The molecule has 0 amide bonds. The van der Waals surface area contributed by atoms with Crippen LogP contribution in [0.3, 0.4) is 0 Å². The molecule has 8 nitrogen and oxygen atoms in total. The Kier molecular flexibility index (Phi) is 4.23. The van der Waals surface area contributed by atoms with Crippen molar-refractivity contribution in [2.45, 2.75) is 0 Å². The van der Waals surface area contributed by atoms with Gasteiger partial charge >= 0.3 is 0 Å². The molecule has 0 unspecified atom stereocenters. The van der Waals surface area contributed by atoms with Crippen LogP contribution in [0.25, 0.3) is 0 Å². The van der Waals surface area contributed by atoms with E-state index in [1.54, 1.807) is 0 Å². The zero-order valence-electron chi connectivity index (χ0n) is 8.37. The van der Waals surface area contributed by atoms with Crippen LogP contribution >= 0.6 is 11.6 Å². The molecule has 0 atom stereocenters. The number of aromatic hydroxyl groups is 1. The second kappa shape index (κ2) is 5.66. The highest BCUT2D eigenvalue weighted by Gasteiger charge is 2.13. The van der Waals surface area contributed by atoms with Gasteiger partial charge in [0.25, 0.3) is 5.69 Å². The average molecular weight is 258 g/mol. The zero-order valence-corrected chi connectivity index (χ0v) is 9.13. The number of hydrogen-bond acceptors (Lipinski definition) is 6. The summed E-state index contributed by atoms with van der Waals surface area (Å²) in [5.74, 6) is -0.306. The second-order valence-electron chi connectivity index (χ2n) is 2.76. The molecule has 0 saturated carbocycles. The normalized spacial score (nSPS) is 11.1. The summed E-state index contributed by atoms with van der Waals surface area (Å²) in [6.07, 6.45) is 2.10. The molecule has 0 saturated heterocycles. The first-order valence-electron chi connectivity index (χ1n) is 4.24. The third kappa shape index (κ3) is 3.31. The summed E-state index contributed by atoms with van der Waals surface area (Å²) < 4.78 is 0. The van der Waals surface area contributed by atoms with Crippen molar-refractivity contribution in [2.75, 3.05) is 0 Å². The molecular formula is C8H8ClN5O3. The van der Waals surface area contributed by atoms with Gasteiger partial charge in [0.05, 0.1) is 16.2 Å². The molecule has 0 aliphatic heterocycles. The minimum atomic E-state index is -0.631. The highest BCUT2D eigenvalue weighted by molar-refractivity contribution is 6.32. The van der Waals surface area contributed by atoms with Gasteiger partial charge in [0, 0.05) is 17.7 Å². The minimum Gasteiger partial charge on any atom is -0.506 e. The number of benzene rings is 1. The number of hydrazone groups is 2. The van der Waals surface area contributed by atoms with Crippen LogP contribution in [0.2, 0.25) is 5.02 Å².